The van der Waals surface area contributed by atoms with Gasteiger partial charge in [0, 0.05) is 37.2 Å². The maximum atomic E-state index is 14.6. The SMILES string of the molecule is Cc1cc(F)c2cc(C(=O)N3C[C@@H]4CC(F)(F)C[C@@H]4[C@@H]3C(=O)N[C@@H](C#N)C[C@@H]3CCCNC3=O)[nH]c2c1F. The van der Waals surface area contributed by atoms with Crippen LogP contribution in [-0.2, 0) is 9.59 Å². The van der Waals surface area contributed by atoms with Crippen molar-refractivity contribution in [2.45, 2.75) is 57.0 Å². The van der Waals surface area contributed by atoms with Gasteiger partial charge >= 0.3 is 0 Å². The quantitative estimate of drug-likeness (QED) is 0.512. The second kappa shape index (κ2) is 9.60. The Labute approximate surface area is 215 Å². The molecule has 1 aliphatic carbocycles. The Morgan fingerprint density at radius 1 is 1.29 bits per heavy atom. The number of halogens is 4. The van der Waals surface area contributed by atoms with E-state index in [1.165, 1.54) is 6.92 Å². The Morgan fingerprint density at radius 2 is 2.05 bits per heavy atom. The molecule has 3 N–H and O–H groups in total. The van der Waals surface area contributed by atoms with E-state index in [0.717, 1.165) is 23.5 Å². The molecule has 8 nitrogen and oxygen atoms in total. The molecule has 0 radical (unpaired) electrons. The Balaban J connectivity index is 1.41. The van der Waals surface area contributed by atoms with E-state index in [-0.39, 0.29) is 41.0 Å². The third-order valence-electron chi connectivity index (χ3n) is 8.01. The second-order valence-corrected chi connectivity index (χ2v) is 10.6. The lowest BCUT2D eigenvalue weighted by Crippen LogP contribution is -2.52. The lowest BCUT2D eigenvalue weighted by Gasteiger charge is -2.29. The van der Waals surface area contributed by atoms with Crippen LogP contribution in [0.4, 0.5) is 17.6 Å². The molecule has 3 fully saturated rings. The van der Waals surface area contributed by atoms with E-state index in [0.29, 0.717) is 13.0 Å². The molecule has 38 heavy (non-hydrogen) atoms. The van der Waals surface area contributed by atoms with Gasteiger partial charge in [-0.1, -0.05) is 0 Å². The number of carbonyl (C=O) groups is 3. The van der Waals surface area contributed by atoms with Crippen molar-refractivity contribution in [3.8, 4) is 6.07 Å². The molecule has 3 heterocycles. The Kier molecular flexibility index (Phi) is 6.57. The maximum Gasteiger partial charge on any atom is 0.271 e. The number of amides is 3. The number of carbonyl (C=O) groups excluding carboxylic acids is 3. The first-order valence-electron chi connectivity index (χ1n) is 12.6. The molecular weight excluding hydrogens is 506 g/mol. The zero-order valence-electron chi connectivity index (χ0n) is 20.6. The highest BCUT2D eigenvalue weighted by atomic mass is 19.3. The van der Waals surface area contributed by atoms with Crippen LogP contribution in [0.25, 0.3) is 10.9 Å². The molecule has 5 atom stereocenters. The van der Waals surface area contributed by atoms with Crippen LogP contribution in [0.1, 0.15) is 48.2 Å². The molecule has 1 aromatic carbocycles. The lowest BCUT2D eigenvalue weighted by atomic mass is 9.90. The van der Waals surface area contributed by atoms with Crippen LogP contribution in [0.3, 0.4) is 0 Å². The van der Waals surface area contributed by atoms with E-state index in [1.54, 1.807) is 0 Å². The zero-order valence-corrected chi connectivity index (χ0v) is 20.6. The third-order valence-corrected chi connectivity index (χ3v) is 8.01. The Bertz CT molecular complexity index is 1350. The van der Waals surface area contributed by atoms with Gasteiger partial charge in [-0.05, 0) is 55.7 Å². The van der Waals surface area contributed by atoms with Crippen LogP contribution in [-0.4, -0.2) is 58.7 Å². The molecule has 3 aliphatic rings. The topological polar surface area (TPSA) is 118 Å². The van der Waals surface area contributed by atoms with Crippen molar-refractivity contribution in [1.29, 1.82) is 5.26 Å². The smallest absolute Gasteiger partial charge is 0.271 e. The number of piperidine rings is 1. The summed E-state index contributed by atoms with van der Waals surface area (Å²) in [6, 6.07) is 1.74. The molecule has 5 rings (SSSR count). The molecule has 1 aromatic heterocycles. The van der Waals surface area contributed by atoms with E-state index in [2.05, 4.69) is 15.6 Å². The summed E-state index contributed by atoms with van der Waals surface area (Å²) < 4.78 is 57.6. The molecule has 0 spiro atoms. The van der Waals surface area contributed by atoms with E-state index >= 15 is 0 Å². The van der Waals surface area contributed by atoms with Crippen LogP contribution < -0.4 is 10.6 Å². The van der Waals surface area contributed by atoms with Gasteiger partial charge in [0.25, 0.3) is 5.91 Å². The van der Waals surface area contributed by atoms with Gasteiger partial charge in [0.2, 0.25) is 17.7 Å². The summed E-state index contributed by atoms with van der Waals surface area (Å²) in [5, 5.41) is 14.8. The summed E-state index contributed by atoms with van der Waals surface area (Å²) in [7, 11) is 0. The van der Waals surface area contributed by atoms with Gasteiger partial charge in [-0.15, -0.1) is 0 Å². The van der Waals surface area contributed by atoms with Crippen LogP contribution >= 0.6 is 0 Å². The van der Waals surface area contributed by atoms with Gasteiger partial charge in [0.05, 0.1) is 11.6 Å². The highest BCUT2D eigenvalue weighted by Gasteiger charge is 2.58. The van der Waals surface area contributed by atoms with E-state index < -0.39 is 72.1 Å². The van der Waals surface area contributed by atoms with Crippen molar-refractivity contribution in [3.63, 3.8) is 0 Å². The number of nitrogens with zero attached hydrogens (tertiary/aromatic N) is 2. The van der Waals surface area contributed by atoms with Crippen molar-refractivity contribution >= 4 is 28.6 Å². The lowest BCUT2D eigenvalue weighted by molar-refractivity contribution is -0.129. The number of hydrogen-bond donors (Lipinski definition) is 3. The van der Waals surface area contributed by atoms with Crippen LogP contribution in [0, 0.1) is 47.6 Å². The third kappa shape index (κ3) is 4.59. The van der Waals surface area contributed by atoms with E-state index in [1.807, 2.05) is 6.07 Å². The minimum Gasteiger partial charge on any atom is -0.356 e. The van der Waals surface area contributed by atoms with Gasteiger partial charge in [-0.25, -0.2) is 17.6 Å². The van der Waals surface area contributed by atoms with Crippen molar-refractivity contribution in [2.75, 3.05) is 13.1 Å². The van der Waals surface area contributed by atoms with Crippen molar-refractivity contribution in [2.24, 2.45) is 17.8 Å². The molecular formula is C26H27F4N5O3. The summed E-state index contributed by atoms with van der Waals surface area (Å²) in [4.78, 5) is 42.8. The molecule has 2 saturated heterocycles. The molecule has 1 saturated carbocycles. The fraction of sp³-hybridized carbons (Fsp3) is 0.538. The number of H-pyrrole nitrogens is 1. The Hall–Kier alpha value is -3.62. The number of aromatic amines is 1. The highest BCUT2D eigenvalue weighted by Crippen LogP contribution is 2.50. The molecule has 2 aromatic rings. The number of benzene rings is 1. The summed E-state index contributed by atoms with van der Waals surface area (Å²) in [6.07, 6.45) is 0.245. The molecule has 0 unspecified atom stereocenters. The standard InChI is InChI=1S/C26H27F4N5O3/c1-12-5-18(27)16-7-19(34-21(16)20(12)28)25(38)35-11-14-8-26(29,30)9-17(14)22(35)24(37)33-15(10-31)6-13-3-2-4-32-23(13)36/h5,7,13-15,17,22,34H,2-4,6,8-9,11H2,1H3,(H,32,36)(H,33,37)/t13-,14-,15+,17-,22+/m0/s1. The number of nitriles is 1. The fourth-order valence-corrected chi connectivity index (χ4v) is 6.20. The van der Waals surface area contributed by atoms with Crippen LogP contribution in [0.15, 0.2) is 12.1 Å². The van der Waals surface area contributed by atoms with Crippen LogP contribution in [0.5, 0.6) is 0 Å². The monoisotopic (exact) mass is 533 g/mol. The predicted molar refractivity (Wildman–Crippen MR) is 127 cm³/mol. The number of nitrogens with one attached hydrogen (secondary N) is 3. The van der Waals surface area contributed by atoms with Crippen molar-refractivity contribution < 1.29 is 31.9 Å². The number of likely N-dealkylation sites (tertiary alicyclic amines) is 1. The number of alkyl halides is 2. The largest absolute Gasteiger partial charge is 0.356 e. The van der Waals surface area contributed by atoms with E-state index in [4.69, 9.17) is 0 Å². The fourth-order valence-electron chi connectivity index (χ4n) is 6.20. The van der Waals surface area contributed by atoms with Crippen molar-refractivity contribution in [3.05, 3.63) is 35.0 Å². The average Bonchev–Trinajstić information content (AvgIpc) is 3.53. The van der Waals surface area contributed by atoms with Gasteiger partial charge in [-0.3, -0.25) is 14.4 Å². The van der Waals surface area contributed by atoms with Gasteiger partial charge < -0.3 is 20.5 Å². The van der Waals surface area contributed by atoms with E-state index in [9.17, 15) is 37.2 Å². The van der Waals surface area contributed by atoms with Crippen LogP contribution in [0.2, 0.25) is 0 Å². The summed E-state index contributed by atoms with van der Waals surface area (Å²) in [5.41, 5.74) is -0.336. The Morgan fingerprint density at radius 3 is 2.76 bits per heavy atom. The van der Waals surface area contributed by atoms with Crippen molar-refractivity contribution in [1.82, 2.24) is 20.5 Å². The number of hydrogen-bond acceptors (Lipinski definition) is 4. The number of aromatic nitrogens is 1. The zero-order chi connectivity index (χ0) is 27.4. The molecule has 3 amide bonds. The van der Waals surface area contributed by atoms with Gasteiger partial charge in [0.1, 0.15) is 29.4 Å². The van der Waals surface area contributed by atoms with Gasteiger partial charge in [0.15, 0.2) is 0 Å². The summed E-state index contributed by atoms with van der Waals surface area (Å²) in [6.45, 7) is 1.78. The average molecular weight is 534 g/mol. The van der Waals surface area contributed by atoms with Gasteiger partial charge in [-0.2, -0.15) is 5.26 Å². The highest BCUT2D eigenvalue weighted by molar-refractivity contribution is 6.01. The molecule has 2 aliphatic heterocycles. The summed E-state index contributed by atoms with van der Waals surface area (Å²) in [5.74, 6) is -8.18. The maximum absolute atomic E-state index is 14.6. The summed E-state index contributed by atoms with van der Waals surface area (Å²) >= 11 is 0. The predicted octanol–water partition coefficient (Wildman–Crippen LogP) is 3.17. The minimum atomic E-state index is -3.00. The minimum absolute atomic E-state index is 0.0419. The first-order valence-corrected chi connectivity index (χ1v) is 12.6. The molecule has 0 bridgehead atoms. The normalized spacial score (nSPS) is 27.1. The molecule has 12 heteroatoms. The number of fused-ring (bicyclic) bond motifs is 2. The molecule has 202 valence electrons. The number of rotatable bonds is 5. The number of aryl methyl sites for hydroxylation is 1. The first-order chi connectivity index (χ1) is 18.0. The second-order valence-electron chi connectivity index (χ2n) is 10.6. The first kappa shape index (κ1) is 26.0.